The summed E-state index contributed by atoms with van der Waals surface area (Å²) in [7, 11) is 0. The summed E-state index contributed by atoms with van der Waals surface area (Å²) in [5, 5.41) is 0. The number of hydrogen-bond acceptors (Lipinski definition) is 7. The first-order valence-corrected chi connectivity index (χ1v) is 8.42. The Morgan fingerprint density at radius 1 is 1.31 bits per heavy atom. The predicted octanol–water partition coefficient (Wildman–Crippen LogP) is 2.02. The highest BCUT2D eigenvalue weighted by molar-refractivity contribution is 5.82. The van der Waals surface area contributed by atoms with Gasteiger partial charge >= 0.3 is 5.97 Å². The number of carbonyl (C=O) groups is 2. The first-order chi connectivity index (χ1) is 12.7. The SMILES string of the molecule is CCOCCOc1c(C)ncc(COC(=O)CCc2cnc[nH]2)c1C=O. The molecule has 0 radical (unpaired) electrons. The number of ether oxygens (including phenoxy) is 3. The van der Waals surface area contributed by atoms with Crippen LogP contribution < -0.4 is 4.74 Å². The van der Waals surface area contributed by atoms with E-state index in [-0.39, 0.29) is 19.0 Å². The maximum absolute atomic E-state index is 11.9. The van der Waals surface area contributed by atoms with E-state index < -0.39 is 0 Å². The summed E-state index contributed by atoms with van der Waals surface area (Å²) < 4.78 is 16.1. The number of aromatic amines is 1. The van der Waals surface area contributed by atoms with Gasteiger partial charge in [0.15, 0.2) is 12.0 Å². The third kappa shape index (κ3) is 5.66. The number of rotatable bonds is 11. The second-order valence-electron chi connectivity index (χ2n) is 5.51. The number of aldehydes is 1. The zero-order chi connectivity index (χ0) is 18.8. The van der Waals surface area contributed by atoms with E-state index in [0.29, 0.717) is 55.1 Å². The molecule has 0 aliphatic rings. The van der Waals surface area contributed by atoms with Crippen LogP contribution in [0, 0.1) is 6.92 Å². The molecule has 2 aromatic heterocycles. The zero-order valence-electron chi connectivity index (χ0n) is 15.0. The average Bonchev–Trinajstić information content (AvgIpc) is 3.16. The number of pyridine rings is 1. The molecule has 26 heavy (non-hydrogen) atoms. The zero-order valence-corrected chi connectivity index (χ0v) is 15.0. The van der Waals surface area contributed by atoms with E-state index in [2.05, 4.69) is 15.0 Å². The van der Waals surface area contributed by atoms with E-state index in [1.165, 1.54) is 6.20 Å². The first-order valence-electron chi connectivity index (χ1n) is 8.42. The van der Waals surface area contributed by atoms with Crippen LogP contribution in [0.15, 0.2) is 18.7 Å². The van der Waals surface area contributed by atoms with Crippen molar-refractivity contribution < 1.29 is 23.8 Å². The molecule has 1 N–H and O–H groups in total. The van der Waals surface area contributed by atoms with E-state index in [1.807, 2.05) is 6.92 Å². The molecule has 0 amide bonds. The van der Waals surface area contributed by atoms with Crippen LogP contribution in [0.5, 0.6) is 5.75 Å². The molecule has 140 valence electrons. The van der Waals surface area contributed by atoms with Gasteiger partial charge in [-0.2, -0.15) is 0 Å². The second-order valence-corrected chi connectivity index (χ2v) is 5.51. The van der Waals surface area contributed by atoms with Crippen molar-refractivity contribution in [2.75, 3.05) is 19.8 Å². The molecule has 0 aromatic carbocycles. The maximum Gasteiger partial charge on any atom is 0.306 e. The normalized spacial score (nSPS) is 10.5. The summed E-state index contributed by atoms with van der Waals surface area (Å²) >= 11 is 0. The van der Waals surface area contributed by atoms with Crippen LogP contribution in [0.25, 0.3) is 0 Å². The van der Waals surface area contributed by atoms with Crippen molar-refractivity contribution >= 4 is 12.3 Å². The van der Waals surface area contributed by atoms with Crippen molar-refractivity contribution in [1.82, 2.24) is 15.0 Å². The highest BCUT2D eigenvalue weighted by Crippen LogP contribution is 2.24. The summed E-state index contributed by atoms with van der Waals surface area (Å²) in [5.74, 6) is 0.0292. The monoisotopic (exact) mass is 361 g/mol. The molecule has 2 rings (SSSR count). The lowest BCUT2D eigenvalue weighted by atomic mass is 10.1. The molecule has 8 nitrogen and oxygen atoms in total. The number of esters is 1. The Labute approximate surface area is 151 Å². The minimum Gasteiger partial charge on any atom is -0.489 e. The summed E-state index contributed by atoms with van der Waals surface area (Å²) in [6.07, 6.45) is 6.16. The minimum atomic E-state index is -0.365. The number of H-pyrrole nitrogens is 1. The molecule has 0 fully saturated rings. The van der Waals surface area contributed by atoms with E-state index >= 15 is 0 Å². The van der Waals surface area contributed by atoms with Crippen LogP contribution in [0.3, 0.4) is 0 Å². The highest BCUT2D eigenvalue weighted by Gasteiger charge is 2.15. The third-order valence-electron chi connectivity index (χ3n) is 3.67. The molecule has 0 bridgehead atoms. The van der Waals surface area contributed by atoms with Gasteiger partial charge in [-0.1, -0.05) is 0 Å². The lowest BCUT2D eigenvalue weighted by molar-refractivity contribution is -0.144. The number of nitrogens with one attached hydrogen (secondary N) is 1. The van der Waals surface area contributed by atoms with Crippen LogP contribution >= 0.6 is 0 Å². The van der Waals surface area contributed by atoms with Crippen molar-refractivity contribution in [3.63, 3.8) is 0 Å². The number of imidazole rings is 1. The number of aromatic nitrogens is 3. The van der Waals surface area contributed by atoms with Crippen LogP contribution in [0.4, 0.5) is 0 Å². The van der Waals surface area contributed by atoms with E-state index in [4.69, 9.17) is 14.2 Å². The Morgan fingerprint density at radius 2 is 2.15 bits per heavy atom. The Kier molecular flexibility index (Phi) is 7.75. The van der Waals surface area contributed by atoms with E-state index in [0.717, 1.165) is 5.69 Å². The number of hydrogen-bond donors (Lipinski definition) is 1. The molecule has 2 aromatic rings. The molecule has 0 saturated heterocycles. The fourth-order valence-electron chi connectivity index (χ4n) is 2.31. The average molecular weight is 361 g/mol. The molecule has 0 unspecified atom stereocenters. The van der Waals surface area contributed by atoms with E-state index in [9.17, 15) is 9.59 Å². The van der Waals surface area contributed by atoms with Crippen molar-refractivity contribution in [3.05, 3.63) is 41.2 Å². The Balaban J connectivity index is 1.94. The quantitative estimate of drug-likeness (QED) is 0.371. The molecule has 0 aliphatic heterocycles. The van der Waals surface area contributed by atoms with Gasteiger partial charge in [0.25, 0.3) is 0 Å². The van der Waals surface area contributed by atoms with Crippen LogP contribution in [-0.2, 0) is 27.3 Å². The molecular weight excluding hydrogens is 338 g/mol. The minimum absolute atomic E-state index is 0.0367. The predicted molar refractivity (Wildman–Crippen MR) is 93.1 cm³/mol. The molecular formula is C18H23N3O5. The summed E-state index contributed by atoms with van der Waals surface area (Å²) in [5.41, 5.74) is 2.30. The Bertz CT molecular complexity index is 716. The van der Waals surface area contributed by atoms with Crippen LogP contribution in [0.2, 0.25) is 0 Å². The fraction of sp³-hybridized carbons (Fsp3) is 0.444. The van der Waals surface area contributed by atoms with Gasteiger partial charge in [-0.3, -0.25) is 14.6 Å². The van der Waals surface area contributed by atoms with Gasteiger partial charge in [-0.15, -0.1) is 0 Å². The van der Waals surface area contributed by atoms with Gasteiger partial charge in [0, 0.05) is 30.3 Å². The lowest BCUT2D eigenvalue weighted by Crippen LogP contribution is -2.12. The van der Waals surface area contributed by atoms with Crippen molar-refractivity contribution in [1.29, 1.82) is 0 Å². The van der Waals surface area contributed by atoms with E-state index in [1.54, 1.807) is 19.4 Å². The molecule has 2 heterocycles. The number of nitrogens with zero attached hydrogens (tertiary/aromatic N) is 2. The Morgan fingerprint density at radius 3 is 2.85 bits per heavy atom. The van der Waals surface area contributed by atoms with Crippen LogP contribution in [-0.4, -0.2) is 47.0 Å². The second kappa shape index (κ2) is 10.3. The van der Waals surface area contributed by atoms with Crippen molar-refractivity contribution in [2.24, 2.45) is 0 Å². The lowest BCUT2D eigenvalue weighted by Gasteiger charge is -2.14. The third-order valence-corrected chi connectivity index (χ3v) is 3.67. The summed E-state index contributed by atoms with van der Waals surface area (Å²) in [6, 6.07) is 0. The number of carbonyl (C=O) groups excluding carboxylic acids is 2. The summed E-state index contributed by atoms with van der Waals surface area (Å²) in [4.78, 5) is 34.5. The first kappa shape index (κ1) is 19.6. The van der Waals surface area contributed by atoms with Gasteiger partial charge in [-0.25, -0.2) is 4.98 Å². The summed E-state index contributed by atoms with van der Waals surface area (Å²) in [6.45, 7) is 4.93. The molecule has 0 spiro atoms. The molecule has 0 aliphatic carbocycles. The van der Waals surface area contributed by atoms with Gasteiger partial charge in [-0.05, 0) is 20.3 Å². The van der Waals surface area contributed by atoms with Gasteiger partial charge < -0.3 is 19.2 Å². The maximum atomic E-state index is 11.9. The van der Waals surface area contributed by atoms with Crippen molar-refractivity contribution in [3.8, 4) is 5.75 Å². The highest BCUT2D eigenvalue weighted by atomic mass is 16.5. The smallest absolute Gasteiger partial charge is 0.306 e. The van der Waals surface area contributed by atoms with Gasteiger partial charge in [0.2, 0.25) is 0 Å². The Hall–Kier alpha value is -2.74. The molecule has 0 saturated carbocycles. The number of aryl methyl sites for hydroxylation is 2. The van der Waals surface area contributed by atoms with Crippen LogP contribution in [0.1, 0.15) is 40.7 Å². The van der Waals surface area contributed by atoms with Crippen molar-refractivity contribution in [2.45, 2.75) is 33.3 Å². The molecule has 8 heteroatoms. The topological polar surface area (TPSA) is 103 Å². The van der Waals surface area contributed by atoms with Gasteiger partial charge in [0.05, 0.1) is 30.6 Å². The fourth-order valence-corrected chi connectivity index (χ4v) is 2.31. The van der Waals surface area contributed by atoms with Gasteiger partial charge in [0.1, 0.15) is 13.2 Å². The largest absolute Gasteiger partial charge is 0.489 e. The standard InChI is InChI=1S/C18H23N3O5/c1-3-24-6-7-25-18-13(2)20-8-14(16(18)10-22)11-26-17(23)5-4-15-9-19-12-21-15/h8-10,12H,3-7,11H2,1-2H3,(H,19,21). The molecule has 0 atom stereocenters.